The van der Waals surface area contributed by atoms with Gasteiger partial charge in [-0.25, -0.2) is 0 Å². The number of nitrogens with one attached hydrogen (secondary N) is 1. The normalized spacial score (nSPS) is 24.9. The van der Waals surface area contributed by atoms with Crippen molar-refractivity contribution in [1.29, 1.82) is 0 Å². The third kappa shape index (κ3) is 5.04. The second-order valence-electron chi connectivity index (χ2n) is 5.97. The molecule has 1 amide bonds. The Morgan fingerprint density at radius 3 is 2.85 bits per heavy atom. The Kier molecular flexibility index (Phi) is 6.76. The van der Waals surface area contributed by atoms with Gasteiger partial charge in [-0.05, 0) is 38.8 Å². The fourth-order valence-electron chi connectivity index (χ4n) is 3.16. The molecule has 2 aliphatic rings. The maximum Gasteiger partial charge on any atom is 0.222 e. The number of hydrogen-bond donors (Lipinski definition) is 1. The molecule has 0 aromatic heterocycles. The maximum absolute atomic E-state index is 12.2. The van der Waals surface area contributed by atoms with Crippen molar-refractivity contribution in [2.75, 3.05) is 59.5 Å². The molecule has 2 aliphatic heterocycles. The summed E-state index contributed by atoms with van der Waals surface area (Å²) in [5, 5.41) is 3.10. The summed E-state index contributed by atoms with van der Waals surface area (Å²) in [7, 11) is 1.93. The third-order valence-electron chi connectivity index (χ3n) is 4.31. The summed E-state index contributed by atoms with van der Waals surface area (Å²) >= 11 is 0. The first kappa shape index (κ1) is 15.7. The molecule has 2 rings (SSSR count). The van der Waals surface area contributed by atoms with Crippen LogP contribution in [0.4, 0.5) is 0 Å². The second kappa shape index (κ2) is 8.60. The molecule has 2 heterocycles. The predicted octanol–water partition coefficient (Wildman–Crippen LogP) is 0.557. The molecular weight excluding hydrogens is 254 g/mol. The molecule has 2 fully saturated rings. The van der Waals surface area contributed by atoms with Gasteiger partial charge in [0.2, 0.25) is 5.91 Å². The Morgan fingerprint density at radius 2 is 2.10 bits per heavy atom. The molecule has 116 valence electrons. The summed E-state index contributed by atoms with van der Waals surface area (Å²) in [4.78, 5) is 16.8. The van der Waals surface area contributed by atoms with Gasteiger partial charge in [0, 0.05) is 39.1 Å². The summed E-state index contributed by atoms with van der Waals surface area (Å²) in [6.45, 7) is 7.78. The lowest BCUT2D eigenvalue weighted by Crippen LogP contribution is -2.46. The summed E-state index contributed by atoms with van der Waals surface area (Å²) in [5.74, 6) is 0.988. The van der Waals surface area contributed by atoms with Gasteiger partial charge in [-0.1, -0.05) is 0 Å². The highest BCUT2D eigenvalue weighted by molar-refractivity contribution is 5.76. The predicted molar refractivity (Wildman–Crippen MR) is 79.7 cm³/mol. The van der Waals surface area contributed by atoms with Gasteiger partial charge in [-0.2, -0.15) is 0 Å². The maximum atomic E-state index is 12.2. The number of ether oxygens (including phenoxy) is 1. The van der Waals surface area contributed by atoms with Crippen LogP contribution in [-0.2, 0) is 9.53 Å². The van der Waals surface area contributed by atoms with E-state index in [0.717, 1.165) is 65.3 Å². The average Bonchev–Trinajstić information content (AvgIpc) is 2.49. The van der Waals surface area contributed by atoms with Crippen LogP contribution in [0, 0.1) is 5.92 Å². The van der Waals surface area contributed by atoms with Gasteiger partial charge in [0.25, 0.3) is 0 Å². The Morgan fingerprint density at radius 1 is 1.30 bits per heavy atom. The molecule has 0 spiro atoms. The summed E-state index contributed by atoms with van der Waals surface area (Å²) < 4.78 is 5.39. The topological polar surface area (TPSA) is 44.8 Å². The molecule has 0 aromatic rings. The highest BCUT2D eigenvalue weighted by atomic mass is 16.5. The van der Waals surface area contributed by atoms with Gasteiger partial charge in [-0.15, -0.1) is 0 Å². The number of carbonyl (C=O) groups excluding carboxylic acids is 1. The fraction of sp³-hybridized carbons (Fsp3) is 0.933. The van der Waals surface area contributed by atoms with E-state index in [1.807, 2.05) is 7.05 Å². The average molecular weight is 283 g/mol. The molecule has 5 heteroatoms. The summed E-state index contributed by atoms with van der Waals surface area (Å²) in [5.41, 5.74) is 0. The molecular formula is C15H29N3O2. The minimum atomic E-state index is 0.340. The van der Waals surface area contributed by atoms with E-state index in [0.29, 0.717) is 18.2 Å². The van der Waals surface area contributed by atoms with Gasteiger partial charge < -0.3 is 15.0 Å². The fourth-order valence-corrected chi connectivity index (χ4v) is 3.16. The van der Waals surface area contributed by atoms with Crippen molar-refractivity contribution in [3.63, 3.8) is 0 Å². The van der Waals surface area contributed by atoms with Crippen molar-refractivity contribution >= 4 is 5.91 Å². The van der Waals surface area contributed by atoms with Crippen LogP contribution >= 0.6 is 0 Å². The van der Waals surface area contributed by atoms with Crippen molar-refractivity contribution in [3.05, 3.63) is 0 Å². The van der Waals surface area contributed by atoms with Crippen LogP contribution in [0.5, 0.6) is 0 Å². The van der Waals surface area contributed by atoms with Crippen molar-refractivity contribution in [2.45, 2.75) is 25.7 Å². The Hall–Kier alpha value is -0.650. The molecule has 5 nitrogen and oxygen atoms in total. The highest BCUT2D eigenvalue weighted by Gasteiger charge is 2.25. The number of nitrogens with zero attached hydrogens (tertiary/aromatic N) is 2. The molecule has 0 bridgehead atoms. The quantitative estimate of drug-likeness (QED) is 0.723. The number of piperidine rings is 1. The first-order valence-corrected chi connectivity index (χ1v) is 8.02. The number of morpholine rings is 1. The highest BCUT2D eigenvalue weighted by Crippen LogP contribution is 2.19. The molecule has 0 aliphatic carbocycles. The van der Waals surface area contributed by atoms with Gasteiger partial charge in [-0.3, -0.25) is 9.69 Å². The molecule has 0 saturated carbocycles. The summed E-state index contributed by atoms with van der Waals surface area (Å²) in [6, 6.07) is 0. The van der Waals surface area contributed by atoms with Crippen LogP contribution in [0.2, 0.25) is 0 Å². The van der Waals surface area contributed by atoms with E-state index < -0.39 is 0 Å². The van der Waals surface area contributed by atoms with Gasteiger partial charge in [0.15, 0.2) is 0 Å². The van der Waals surface area contributed by atoms with Crippen LogP contribution in [0.1, 0.15) is 25.7 Å². The van der Waals surface area contributed by atoms with Crippen molar-refractivity contribution < 1.29 is 9.53 Å². The molecule has 2 saturated heterocycles. The lowest BCUT2D eigenvalue weighted by molar-refractivity contribution is -0.133. The Balaban J connectivity index is 1.71. The number of rotatable bonds is 6. The van der Waals surface area contributed by atoms with Crippen LogP contribution in [0.25, 0.3) is 0 Å². The standard InChI is InChI=1S/C15H29N3O2/c1-16-6-2-5-15(19)18-7-3-4-14(13-18)12-17-8-10-20-11-9-17/h14,16H,2-13H2,1H3. The molecule has 0 radical (unpaired) electrons. The van der Waals surface area contributed by atoms with Crippen molar-refractivity contribution in [3.8, 4) is 0 Å². The van der Waals surface area contributed by atoms with Crippen LogP contribution in [0.3, 0.4) is 0 Å². The number of carbonyl (C=O) groups is 1. The molecule has 1 N–H and O–H groups in total. The largest absolute Gasteiger partial charge is 0.379 e. The minimum absolute atomic E-state index is 0.340. The molecule has 1 atom stereocenters. The minimum Gasteiger partial charge on any atom is -0.379 e. The molecule has 1 unspecified atom stereocenters. The Labute approximate surface area is 122 Å². The third-order valence-corrected chi connectivity index (χ3v) is 4.31. The van der Waals surface area contributed by atoms with Crippen LogP contribution in [-0.4, -0.2) is 75.2 Å². The first-order valence-electron chi connectivity index (χ1n) is 8.02. The van der Waals surface area contributed by atoms with Crippen molar-refractivity contribution in [2.24, 2.45) is 5.92 Å². The van der Waals surface area contributed by atoms with Crippen LogP contribution in [0.15, 0.2) is 0 Å². The number of hydrogen-bond acceptors (Lipinski definition) is 4. The zero-order valence-corrected chi connectivity index (χ0v) is 12.8. The molecule has 0 aromatic carbocycles. The zero-order chi connectivity index (χ0) is 14.2. The van der Waals surface area contributed by atoms with E-state index in [1.54, 1.807) is 0 Å². The van der Waals surface area contributed by atoms with E-state index in [4.69, 9.17) is 4.74 Å². The SMILES string of the molecule is CNCCCC(=O)N1CCCC(CN2CCOCC2)C1. The van der Waals surface area contributed by atoms with E-state index in [9.17, 15) is 4.79 Å². The summed E-state index contributed by atoms with van der Waals surface area (Å²) in [6.07, 6.45) is 4.05. The monoisotopic (exact) mass is 283 g/mol. The smallest absolute Gasteiger partial charge is 0.222 e. The molecule has 20 heavy (non-hydrogen) atoms. The van der Waals surface area contributed by atoms with Crippen molar-refractivity contribution in [1.82, 2.24) is 15.1 Å². The van der Waals surface area contributed by atoms with E-state index in [-0.39, 0.29) is 0 Å². The van der Waals surface area contributed by atoms with E-state index >= 15 is 0 Å². The first-order chi connectivity index (χ1) is 9.79. The number of amides is 1. The van der Waals surface area contributed by atoms with E-state index in [1.165, 1.54) is 6.42 Å². The lowest BCUT2D eigenvalue weighted by atomic mass is 9.97. The Bertz CT molecular complexity index is 293. The van der Waals surface area contributed by atoms with Gasteiger partial charge >= 0.3 is 0 Å². The second-order valence-corrected chi connectivity index (χ2v) is 5.97. The lowest BCUT2D eigenvalue weighted by Gasteiger charge is -2.36. The van der Waals surface area contributed by atoms with Crippen LogP contribution < -0.4 is 5.32 Å². The number of likely N-dealkylation sites (tertiary alicyclic amines) is 1. The zero-order valence-electron chi connectivity index (χ0n) is 12.8. The van der Waals surface area contributed by atoms with E-state index in [2.05, 4.69) is 15.1 Å². The van der Waals surface area contributed by atoms with Gasteiger partial charge in [0.1, 0.15) is 0 Å². The van der Waals surface area contributed by atoms with Gasteiger partial charge in [0.05, 0.1) is 13.2 Å².